The Morgan fingerprint density at radius 1 is 1.09 bits per heavy atom. The first-order valence-corrected chi connectivity index (χ1v) is 8.49. The summed E-state index contributed by atoms with van der Waals surface area (Å²) in [6.45, 7) is 4.02. The number of aromatic hydroxyl groups is 1. The van der Waals surface area contributed by atoms with Crippen LogP contribution in [0.4, 0.5) is 0 Å². The Morgan fingerprint density at radius 3 is 2.30 bits per heavy atom. The van der Waals surface area contributed by atoms with E-state index in [4.69, 9.17) is 0 Å². The molecule has 2 aromatic carbocycles. The summed E-state index contributed by atoms with van der Waals surface area (Å²) in [5.41, 5.74) is 3.28. The first-order valence-electron chi connectivity index (χ1n) is 7.01. The fourth-order valence-corrected chi connectivity index (χ4v) is 2.76. The molecule has 7 heteroatoms. The Hall–Kier alpha value is -2.38. The summed E-state index contributed by atoms with van der Waals surface area (Å²) < 4.78 is 24.3. The van der Waals surface area contributed by atoms with Crippen LogP contribution in [0, 0.1) is 0 Å². The van der Waals surface area contributed by atoms with Crippen LogP contribution >= 0.6 is 0 Å². The van der Waals surface area contributed by atoms with Crippen molar-refractivity contribution < 1.29 is 18.3 Å². The van der Waals surface area contributed by atoms with Crippen LogP contribution in [0.2, 0.25) is 0 Å². The van der Waals surface area contributed by atoms with Gasteiger partial charge in [0.1, 0.15) is 5.75 Å². The number of nitrogens with one attached hydrogen (secondary N) is 2. The van der Waals surface area contributed by atoms with Gasteiger partial charge in [0.2, 0.25) is 0 Å². The molecule has 0 radical (unpaired) electrons. The van der Waals surface area contributed by atoms with Crippen LogP contribution in [0.1, 0.15) is 35.7 Å². The molecule has 0 aliphatic heterocycles. The van der Waals surface area contributed by atoms with Crippen molar-refractivity contribution in [2.24, 2.45) is 0 Å². The molecule has 2 rings (SSSR count). The number of carbonyl (C=O) groups is 1. The molecule has 0 bridgehead atoms. The third kappa shape index (κ3) is 4.30. The van der Waals surface area contributed by atoms with Crippen molar-refractivity contribution in [3.05, 3.63) is 59.7 Å². The minimum atomic E-state index is -3.86. The van der Waals surface area contributed by atoms with E-state index >= 15 is 0 Å². The summed E-state index contributed by atoms with van der Waals surface area (Å²) in [6.07, 6.45) is 0. The van der Waals surface area contributed by atoms with E-state index in [0.717, 1.165) is 5.56 Å². The maximum Gasteiger partial charge on any atom is 0.266 e. The number of amides is 1. The van der Waals surface area contributed by atoms with E-state index in [9.17, 15) is 18.3 Å². The number of sulfonamides is 1. The molecular formula is C16H18N2O4S. The lowest BCUT2D eigenvalue weighted by Crippen LogP contribution is -2.41. The van der Waals surface area contributed by atoms with Crippen molar-refractivity contribution in [1.29, 1.82) is 0 Å². The van der Waals surface area contributed by atoms with Crippen LogP contribution in [-0.4, -0.2) is 19.4 Å². The fourth-order valence-electron chi connectivity index (χ4n) is 1.92. The van der Waals surface area contributed by atoms with E-state index in [1.54, 1.807) is 12.1 Å². The molecule has 0 atom stereocenters. The minimum absolute atomic E-state index is 0.0538. The van der Waals surface area contributed by atoms with E-state index in [0.29, 0.717) is 5.92 Å². The Kier molecular flexibility index (Phi) is 5.02. The second-order valence-electron chi connectivity index (χ2n) is 5.33. The Labute approximate surface area is 135 Å². The molecule has 0 fully saturated rings. The average Bonchev–Trinajstić information content (AvgIpc) is 2.52. The van der Waals surface area contributed by atoms with Crippen LogP contribution in [0.15, 0.2) is 53.4 Å². The molecule has 0 aliphatic rings. The van der Waals surface area contributed by atoms with Crippen molar-refractivity contribution in [3.8, 4) is 5.75 Å². The summed E-state index contributed by atoms with van der Waals surface area (Å²) >= 11 is 0. The summed E-state index contributed by atoms with van der Waals surface area (Å²) in [4.78, 5) is 14.0. The first kappa shape index (κ1) is 17.0. The SMILES string of the molecule is CC(C)c1ccc(S(=O)(=O)NNC(=O)c2cccc(O)c2)cc1. The molecule has 6 nitrogen and oxygen atoms in total. The molecule has 0 heterocycles. The van der Waals surface area contributed by atoms with Crippen LogP contribution in [0.5, 0.6) is 5.75 Å². The molecule has 3 N–H and O–H groups in total. The van der Waals surface area contributed by atoms with Gasteiger partial charge in [-0.25, -0.2) is 8.42 Å². The number of benzene rings is 2. The van der Waals surface area contributed by atoms with Gasteiger partial charge >= 0.3 is 0 Å². The maximum absolute atomic E-state index is 12.1. The van der Waals surface area contributed by atoms with Crippen molar-refractivity contribution in [2.75, 3.05) is 0 Å². The van der Waals surface area contributed by atoms with E-state index in [-0.39, 0.29) is 16.2 Å². The number of hydrogen-bond acceptors (Lipinski definition) is 4. The molecule has 0 aromatic heterocycles. The molecule has 0 spiro atoms. The number of phenols is 1. The zero-order valence-electron chi connectivity index (χ0n) is 12.8. The van der Waals surface area contributed by atoms with E-state index in [1.807, 2.05) is 18.7 Å². The number of carbonyl (C=O) groups excluding carboxylic acids is 1. The lowest BCUT2D eigenvalue weighted by Gasteiger charge is -2.10. The van der Waals surface area contributed by atoms with Crippen LogP contribution in [0.3, 0.4) is 0 Å². The smallest absolute Gasteiger partial charge is 0.266 e. The fraction of sp³-hybridized carbons (Fsp3) is 0.188. The van der Waals surface area contributed by atoms with Gasteiger partial charge in [0, 0.05) is 5.56 Å². The van der Waals surface area contributed by atoms with Crippen molar-refractivity contribution in [2.45, 2.75) is 24.7 Å². The molecule has 2 aromatic rings. The highest BCUT2D eigenvalue weighted by molar-refractivity contribution is 7.89. The Morgan fingerprint density at radius 2 is 1.74 bits per heavy atom. The lowest BCUT2D eigenvalue weighted by molar-refractivity contribution is 0.0944. The van der Waals surface area contributed by atoms with E-state index < -0.39 is 15.9 Å². The van der Waals surface area contributed by atoms with Gasteiger partial charge in [-0.15, -0.1) is 4.83 Å². The topological polar surface area (TPSA) is 95.5 Å². The highest BCUT2D eigenvalue weighted by Crippen LogP contribution is 2.17. The van der Waals surface area contributed by atoms with E-state index in [2.05, 4.69) is 5.43 Å². The number of hydrazine groups is 1. The standard InChI is InChI=1S/C16H18N2O4S/c1-11(2)12-6-8-15(9-7-12)23(21,22)18-17-16(20)13-4-3-5-14(19)10-13/h3-11,18-19H,1-2H3,(H,17,20). The van der Waals surface area contributed by atoms with Crippen molar-refractivity contribution in [3.63, 3.8) is 0 Å². The van der Waals surface area contributed by atoms with Gasteiger partial charge in [0.25, 0.3) is 15.9 Å². The summed E-state index contributed by atoms with van der Waals surface area (Å²) in [5.74, 6) is -0.446. The molecule has 122 valence electrons. The molecule has 1 amide bonds. The van der Waals surface area contributed by atoms with Crippen molar-refractivity contribution in [1.82, 2.24) is 10.3 Å². The van der Waals surface area contributed by atoms with Gasteiger partial charge in [-0.1, -0.05) is 32.0 Å². The average molecular weight is 334 g/mol. The van der Waals surface area contributed by atoms with Crippen LogP contribution in [0.25, 0.3) is 0 Å². The van der Waals surface area contributed by atoms with Crippen LogP contribution in [-0.2, 0) is 10.0 Å². The normalized spacial score (nSPS) is 11.4. The zero-order chi connectivity index (χ0) is 17.0. The summed E-state index contributed by atoms with van der Waals surface area (Å²) in [5, 5.41) is 9.32. The van der Waals surface area contributed by atoms with Gasteiger partial charge in [-0.3, -0.25) is 10.2 Å². The Balaban J connectivity index is 2.08. The Bertz CT molecular complexity index is 799. The second-order valence-corrected chi connectivity index (χ2v) is 7.02. The third-order valence-electron chi connectivity index (χ3n) is 3.26. The second kappa shape index (κ2) is 6.80. The highest BCUT2D eigenvalue weighted by atomic mass is 32.2. The summed E-state index contributed by atoms with van der Waals surface area (Å²) in [6, 6.07) is 12.0. The van der Waals surface area contributed by atoms with Gasteiger partial charge in [0.15, 0.2) is 0 Å². The maximum atomic E-state index is 12.1. The zero-order valence-corrected chi connectivity index (χ0v) is 13.6. The van der Waals surface area contributed by atoms with E-state index in [1.165, 1.54) is 36.4 Å². The first-order chi connectivity index (χ1) is 10.8. The monoisotopic (exact) mass is 334 g/mol. The minimum Gasteiger partial charge on any atom is -0.508 e. The van der Waals surface area contributed by atoms with Crippen LogP contribution < -0.4 is 10.3 Å². The molecular weight excluding hydrogens is 316 g/mol. The predicted octanol–water partition coefficient (Wildman–Crippen LogP) is 2.14. The lowest BCUT2D eigenvalue weighted by atomic mass is 10.0. The number of rotatable bonds is 5. The van der Waals surface area contributed by atoms with Gasteiger partial charge in [-0.2, -0.15) is 0 Å². The van der Waals surface area contributed by atoms with Gasteiger partial charge < -0.3 is 5.11 Å². The molecule has 0 unspecified atom stereocenters. The quantitative estimate of drug-likeness (QED) is 0.730. The van der Waals surface area contributed by atoms with Gasteiger partial charge in [-0.05, 0) is 41.8 Å². The highest BCUT2D eigenvalue weighted by Gasteiger charge is 2.16. The molecule has 0 aliphatic carbocycles. The summed E-state index contributed by atoms with van der Waals surface area (Å²) in [7, 11) is -3.86. The number of phenolic OH excluding ortho intramolecular Hbond substituents is 1. The molecule has 0 saturated heterocycles. The number of hydrogen-bond donors (Lipinski definition) is 3. The molecule has 0 saturated carbocycles. The predicted molar refractivity (Wildman–Crippen MR) is 86.4 cm³/mol. The molecule has 23 heavy (non-hydrogen) atoms. The largest absolute Gasteiger partial charge is 0.508 e. The van der Waals surface area contributed by atoms with Gasteiger partial charge in [0.05, 0.1) is 4.90 Å². The third-order valence-corrected chi connectivity index (χ3v) is 4.53. The van der Waals surface area contributed by atoms with Crippen molar-refractivity contribution >= 4 is 15.9 Å².